The Morgan fingerprint density at radius 2 is 2.13 bits per heavy atom. The van der Waals surface area contributed by atoms with Gasteiger partial charge >= 0.3 is 0 Å². The monoisotopic (exact) mass is 198 g/mol. The topological polar surface area (TPSA) is 17.8 Å². The third-order valence-corrected chi connectivity index (χ3v) is 2.50. The van der Waals surface area contributed by atoms with Crippen LogP contribution in [0.1, 0.15) is 19.9 Å². The van der Waals surface area contributed by atoms with Gasteiger partial charge in [-0.05, 0) is 13.8 Å². The van der Waals surface area contributed by atoms with Crippen LogP contribution in [-0.4, -0.2) is 17.4 Å². The van der Waals surface area contributed by atoms with Crippen LogP contribution in [0.4, 0.5) is 0 Å². The molecule has 1 aromatic heterocycles. The molecule has 0 saturated carbocycles. The highest BCUT2D eigenvalue weighted by molar-refractivity contribution is 6.32. The molecule has 3 heteroatoms. The number of imidazole rings is 1. The summed E-state index contributed by atoms with van der Waals surface area (Å²) in [6, 6.07) is 8.90. The van der Waals surface area contributed by atoms with Crippen molar-refractivity contribution < 1.29 is 0 Å². The Kier molecular flexibility index (Phi) is 2.63. The van der Waals surface area contributed by atoms with Crippen molar-refractivity contribution in [1.29, 1.82) is 0 Å². The molecule has 0 unspecified atom stereocenters. The van der Waals surface area contributed by atoms with Crippen molar-refractivity contribution in [3.63, 3.8) is 0 Å². The minimum atomic E-state index is 0.447. The molecule has 0 N–H and O–H groups in total. The van der Waals surface area contributed by atoms with Crippen molar-refractivity contribution in [3.05, 3.63) is 36.7 Å². The normalized spacial score (nSPS) is 10.9. The summed E-state index contributed by atoms with van der Waals surface area (Å²) in [5.41, 5.74) is 2.46. The SMILES string of the molecule is Bc1cccc(-c2nccn2C(C)C)c1. The van der Waals surface area contributed by atoms with E-state index in [1.54, 1.807) is 0 Å². The lowest BCUT2D eigenvalue weighted by Gasteiger charge is -2.11. The van der Waals surface area contributed by atoms with Crippen LogP contribution >= 0.6 is 0 Å². The number of aromatic nitrogens is 2. The fourth-order valence-electron chi connectivity index (χ4n) is 1.74. The molecular formula is C12H15BN2. The van der Waals surface area contributed by atoms with Gasteiger partial charge in [-0.15, -0.1) is 0 Å². The van der Waals surface area contributed by atoms with Gasteiger partial charge in [0.15, 0.2) is 0 Å². The van der Waals surface area contributed by atoms with Crippen LogP contribution in [0.25, 0.3) is 11.4 Å². The van der Waals surface area contributed by atoms with Crippen LogP contribution in [0.15, 0.2) is 36.7 Å². The lowest BCUT2D eigenvalue weighted by atomic mass is 9.94. The highest BCUT2D eigenvalue weighted by Gasteiger charge is 2.07. The van der Waals surface area contributed by atoms with Gasteiger partial charge in [-0.3, -0.25) is 0 Å². The molecule has 15 heavy (non-hydrogen) atoms. The molecule has 0 aliphatic rings. The Morgan fingerprint density at radius 3 is 2.80 bits per heavy atom. The Hall–Kier alpha value is -1.51. The fourth-order valence-corrected chi connectivity index (χ4v) is 1.74. The van der Waals surface area contributed by atoms with E-state index >= 15 is 0 Å². The Morgan fingerprint density at radius 1 is 1.33 bits per heavy atom. The van der Waals surface area contributed by atoms with Crippen LogP contribution in [0, 0.1) is 0 Å². The third kappa shape index (κ3) is 1.96. The van der Waals surface area contributed by atoms with Gasteiger partial charge in [0.1, 0.15) is 13.7 Å². The van der Waals surface area contributed by atoms with E-state index in [1.165, 1.54) is 11.0 Å². The van der Waals surface area contributed by atoms with Gasteiger partial charge in [-0.2, -0.15) is 0 Å². The molecule has 0 radical (unpaired) electrons. The zero-order valence-corrected chi connectivity index (χ0v) is 9.44. The van der Waals surface area contributed by atoms with Crippen molar-refractivity contribution in [2.45, 2.75) is 19.9 Å². The van der Waals surface area contributed by atoms with E-state index in [0.29, 0.717) is 6.04 Å². The number of hydrogen-bond acceptors (Lipinski definition) is 1. The third-order valence-electron chi connectivity index (χ3n) is 2.50. The smallest absolute Gasteiger partial charge is 0.140 e. The highest BCUT2D eigenvalue weighted by Crippen LogP contribution is 2.19. The second-order valence-corrected chi connectivity index (χ2v) is 4.12. The molecular weight excluding hydrogens is 183 g/mol. The molecule has 0 fully saturated rings. The van der Waals surface area contributed by atoms with Gasteiger partial charge in [0.2, 0.25) is 0 Å². The average Bonchev–Trinajstić information content (AvgIpc) is 2.65. The molecule has 0 aliphatic carbocycles. The van der Waals surface area contributed by atoms with Crippen LogP contribution in [0.3, 0.4) is 0 Å². The molecule has 0 bridgehead atoms. The lowest BCUT2D eigenvalue weighted by Crippen LogP contribution is -2.05. The summed E-state index contributed by atoms with van der Waals surface area (Å²) in [6.45, 7) is 4.34. The second-order valence-electron chi connectivity index (χ2n) is 4.12. The predicted molar refractivity (Wildman–Crippen MR) is 66.2 cm³/mol. The number of rotatable bonds is 2. The van der Waals surface area contributed by atoms with E-state index in [-0.39, 0.29) is 0 Å². The van der Waals surface area contributed by atoms with E-state index in [1.807, 2.05) is 12.4 Å². The van der Waals surface area contributed by atoms with Crippen molar-refractivity contribution in [1.82, 2.24) is 9.55 Å². The summed E-state index contributed by atoms with van der Waals surface area (Å²) < 4.78 is 2.19. The van der Waals surface area contributed by atoms with E-state index in [4.69, 9.17) is 0 Å². The first-order valence-electron chi connectivity index (χ1n) is 5.28. The van der Waals surface area contributed by atoms with E-state index in [2.05, 4.69) is 55.5 Å². The van der Waals surface area contributed by atoms with Crippen molar-refractivity contribution in [2.24, 2.45) is 0 Å². The van der Waals surface area contributed by atoms with Gasteiger partial charge < -0.3 is 4.57 Å². The minimum absolute atomic E-state index is 0.447. The van der Waals surface area contributed by atoms with Crippen molar-refractivity contribution in [2.75, 3.05) is 0 Å². The summed E-state index contributed by atoms with van der Waals surface area (Å²) >= 11 is 0. The highest BCUT2D eigenvalue weighted by atomic mass is 15.1. The Balaban J connectivity index is 2.49. The quantitative estimate of drug-likeness (QED) is 0.666. The standard InChI is InChI=1S/C12H15BN2/c1-9(2)15-7-6-14-12(15)10-4-3-5-11(13)8-10/h3-9H,13H2,1-2H3. The Bertz CT molecular complexity index is 460. The zero-order chi connectivity index (χ0) is 10.8. The summed E-state index contributed by atoms with van der Waals surface area (Å²) in [6.07, 6.45) is 3.89. The van der Waals surface area contributed by atoms with Gasteiger partial charge in [-0.25, -0.2) is 4.98 Å². The first-order chi connectivity index (χ1) is 7.18. The molecule has 2 aromatic rings. The largest absolute Gasteiger partial charge is 0.328 e. The number of nitrogens with zero attached hydrogens (tertiary/aromatic N) is 2. The van der Waals surface area contributed by atoms with E-state index in [0.717, 1.165) is 5.82 Å². The minimum Gasteiger partial charge on any atom is -0.328 e. The zero-order valence-electron chi connectivity index (χ0n) is 9.44. The lowest BCUT2D eigenvalue weighted by molar-refractivity contribution is 0.606. The summed E-state index contributed by atoms with van der Waals surface area (Å²) in [5.74, 6) is 1.05. The molecule has 0 aliphatic heterocycles. The molecule has 0 amide bonds. The number of hydrogen-bond donors (Lipinski definition) is 0. The fraction of sp³-hybridized carbons (Fsp3) is 0.250. The van der Waals surface area contributed by atoms with Gasteiger partial charge in [0.05, 0.1) is 0 Å². The first-order valence-corrected chi connectivity index (χ1v) is 5.28. The van der Waals surface area contributed by atoms with E-state index < -0.39 is 0 Å². The summed E-state index contributed by atoms with van der Waals surface area (Å²) in [7, 11) is 2.10. The molecule has 0 spiro atoms. The van der Waals surface area contributed by atoms with Crippen LogP contribution < -0.4 is 5.46 Å². The average molecular weight is 198 g/mol. The maximum Gasteiger partial charge on any atom is 0.140 e. The molecule has 1 heterocycles. The van der Waals surface area contributed by atoms with Gasteiger partial charge in [0, 0.05) is 24.0 Å². The molecule has 0 atom stereocenters. The summed E-state index contributed by atoms with van der Waals surface area (Å²) in [5, 5.41) is 0. The number of benzene rings is 1. The predicted octanol–water partition coefficient (Wildman–Crippen LogP) is 1.39. The molecule has 1 aromatic carbocycles. The first kappa shape index (κ1) is 10.0. The van der Waals surface area contributed by atoms with Gasteiger partial charge in [-0.1, -0.05) is 29.7 Å². The van der Waals surface area contributed by atoms with Crippen LogP contribution in [0.2, 0.25) is 0 Å². The molecule has 76 valence electrons. The summed E-state index contributed by atoms with van der Waals surface area (Å²) in [4.78, 5) is 4.41. The maximum absolute atomic E-state index is 4.41. The Labute approximate surface area is 91.4 Å². The van der Waals surface area contributed by atoms with Crippen molar-refractivity contribution in [3.8, 4) is 11.4 Å². The molecule has 2 rings (SSSR count). The van der Waals surface area contributed by atoms with E-state index in [9.17, 15) is 0 Å². The van der Waals surface area contributed by atoms with Crippen LogP contribution in [0.5, 0.6) is 0 Å². The van der Waals surface area contributed by atoms with Gasteiger partial charge in [0.25, 0.3) is 0 Å². The molecule has 2 nitrogen and oxygen atoms in total. The van der Waals surface area contributed by atoms with Crippen molar-refractivity contribution >= 4 is 13.3 Å². The maximum atomic E-state index is 4.41. The van der Waals surface area contributed by atoms with Crippen LogP contribution in [-0.2, 0) is 0 Å². The second kappa shape index (κ2) is 3.93. The molecule has 0 saturated heterocycles.